The molecule has 0 radical (unpaired) electrons. The van der Waals surface area contributed by atoms with Crippen molar-refractivity contribution in [1.29, 1.82) is 0 Å². The van der Waals surface area contributed by atoms with Gasteiger partial charge in [0.25, 0.3) is 0 Å². The Morgan fingerprint density at radius 3 is 2.70 bits per heavy atom. The van der Waals surface area contributed by atoms with Gasteiger partial charge < -0.3 is 10.4 Å². The van der Waals surface area contributed by atoms with E-state index in [1.165, 1.54) is 11.3 Å². The van der Waals surface area contributed by atoms with Crippen LogP contribution in [0, 0.1) is 12.8 Å². The normalized spacial score (nSPS) is 11.9. The summed E-state index contributed by atoms with van der Waals surface area (Å²) in [6.45, 7) is 6.36. The SMILES string of the molecule is CCc1nc(NC(=O)NCC(C)CCC(=O)O)sc1C. The molecule has 3 N–H and O–H groups in total. The van der Waals surface area contributed by atoms with Gasteiger partial charge in [0.05, 0.1) is 5.69 Å². The molecule has 1 unspecified atom stereocenters. The Hall–Kier alpha value is -1.63. The minimum Gasteiger partial charge on any atom is -0.481 e. The highest BCUT2D eigenvalue weighted by Gasteiger charge is 2.10. The monoisotopic (exact) mass is 299 g/mol. The zero-order valence-electron chi connectivity index (χ0n) is 12.0. The van der Waals surface area contributed by atoms with Crippen LogP contribution in [0.4, 0.5) is 9.93 Å². The first kappa shape index (κ1) is 16.4. The molecule has 0 aliphatic carbocycles. The van der Waals surface area contributed by atoms with Crippen LogP contribution >= 0.6 is 11.3 Å². The zero-order chi connectivity index (χ0) is 15.1. The van der Waals surface area contributed by atoms with Crippen LogP contribution in [0.5, 0.6) is 0 Å². The Morgan fingerprint density at radius 1 is 1.45 bits per heavy atom. The van der Waals surface area contributed by atoms with Gasteiger partial charge >= 0.3 is 12.0 Å². The predicted octanol–water partition coefficient (Wildman–Crippen LogP) is 2.64. The van der Waals surface area contributed by atoms with Crippen LogP contribution in [0.15, 0.2) is 0 Å². The molecule has 0 aliphatic rings. The quantitative estimate of drug-likeness (QED) is 0.721. The van der Waals surface area contributed by atoms with Gasteiger partial charge in [-0.15, -0.1) is 11.3 Å². The van der Waals surface area contributed by atoms with E-state index in [0.29, 0.717) is 18.1 Å². The molecule has 20 heavy (non-hydrogen) atoms. The maximum atomic E-state index is 11.7. The Kier molecular flexibility index (Phi) is 6.44. The Morgan fingerprint density at radius 2 is 2.15 bits per heavy atom. The third kappa shape index (κ3) is 5.56. The molecule has 2 amide bonds. The molecular weight excluding hydrogens is 278 g/mol. The Bertz CT molecular complexity index is 473. The molecule has 112 valence electrons. The number of urea groups is 1. The second-order valence-electron chi connectivity index (χ2n) is 4.75. The fourth-order valence-electron chi connectivity index (χ4n) is 1.69. The van der Waals surface area contributed by atoms with E-state index < -0.39 is 5.97 Å². The van der Waals surface area contributed by atoms with Crippen molar-refractivity contribution in [3.63, 3.8) is 0 Å². The third-order valence-corrected chi connectivity index (χ3v) is 3.84. The second-order valence-corrected chi connectivity index (χ2v) is 5.95. The highest BCUT2D eigenvalue weighted by atomic mass is 32.1. The second kappa shape index (κ2) is 7.84. The summed E-state index contributed by atoms with van der Waals surface area (Å²) in [5.74, 6) is -0.687. The van der Waals surface area contributed by atoms with Gasteiger partial charge in [-0.1, -0.05) is 13.8 Å². The molecule has 1 atom stereocenters. The summed E-state index contributed by atoms with van der Waals surface area (Å²) < 4.78 is 0. The van der Waals surface area contributed by atoms with Crippen molar-refractivity contribution in [3.8, 4) is 0 Å². The smallest absolute Gasteiger partial charge is 0.321 e. The maximum absolute atomic E-state index is 11.7. The molecule has 0 saturated heterocycles. The zero-order valence-corrected chi connectivity index (χ0v) is 12.8. The first-order valence-corrected chi connectivity index (χ1v) is 7.47. The molecule has 0 saturated carbocycles. The number of hydrogen-bond donors (Lipinski definition) is 3. The van der Waals surface area contributed by atoms with Crippen molar-refractivity contribution in [2.45, 2.75) is 40.0 Å². The molecule has 0 bridgehead atoms. The van der Waals surface area contributed by atoms with Crippen molar-refractivity contribution in [1.82, 2.24) is 10.3 Å². The number of aliphatic carboxylic acids is 1. The van der Waals surface area contributed by atoms with Crippen LogP contribution in [-0.4, -0.2) is 28.6 Å². The van der Waals surface area contributed by atoms with Gasteiger partial charge in [0.15, 0.2) is 5.13 Å². The number of carbonyl (C=O) groups excluding carboxylic acids is 1. The van der Waals surface area contributed by atoms with Gasteiger partial charge in [-0.2, -0.15) is 0 Å². The summed E-state index contributed by atoms with van der Waals surface area (Å²) in [7, 11) is 0. The number of carboxylic acids is 1. The molecule has 1 rings (SSSR count). The van der Waals surface area contributed by atoms with Crippen molar-refractivity contribution in [3.05, 3.63) is 10.6 Å². The van der Waals surface area contributed by atoms with Gasteiger partial charge in [-0.3, -0.25) is 10.1 Å². The standard InChI is InChI=1S/C13H21N3O3S/c1-4-10-9(3)20-13(15-10)16-12(19)14-7-8(2)5-6-11(17)18/h8H,4-7H2,1-3H3,(H,17,18)(H2,14,15,16,19). The first-order valence-electron chi connectivity index (χ1n) is 6.65. The predicted molar refractivity (Wildman–Crippen MR) is 79.3 cm³/mol. The molecule has 7 heteroatoms. The summed E-state index contributed by atoms with van der Waals surface area (Å²) in [5.41, 5.74) is 1.00. The summed E-state index contributed by atoms with van der Waals surface area (Å²) in [6, 6.07) is -0.302. The highest BCUT2D eigenvalue weighted by Crippen LogP contribution is 2.22. The number of thiazole rings is 1. The average Bonchev–Trinajstić information content (AvgIpc) is 2.73. The lowest BCUT2D eigenvalue weighted by Gasteiger charge is -2.11. The van der Waals surface area contributed by atoms with Crippen molar-refractivity contribution < 1.29 is 14.7 Å². The number of aryl methyl sites for hydroxylation is 2. The van der Waals surface area contributed by atoms with Crippen LogP contribution < -0.4 is 10.6 Å². The summed E-state index contributed by atoms with van der Waals surface area (Å²) >= 11 is 1.45. The number of amides is 2. The number of anilines is 1. The van der Waals surface area contributed by atoms with E-state index in [1.54, 1.807) is 0 Å². The number of aromatic nitrogens is 1. The summed E-state index contributed by atoms with van der Waals surface area (Å²) in [4.78, 5) is 27.6. The topological polar surface area (TPSA) is 91.3 Å². The van der Waals surface area contributed by atoms with Gasteiger partial charge in [-0.05, 0) is 25.7 Å². The van der Waals surface area contributed by atoms with E-state index in [2.05, 4.69) is 15.6 Å². The molecule has 0 aromatic carbocycles. The lowest BCUT2D eigenvalue weighted by molar-refractivity contribution is -0.137. The van der Waals surface area contributed by atoms with Gasteiger partial charge in [0.2, 0.25) is 0 Å². The number of rotatable bonds is 7. The lowest BCUT2D eigenvalue weighted by atomic mass is 10.1. The summed E-state index contributed by atoms with van der Waals surface area (Å²) in [6.07, 6.45) is 1.51. The summed E-state index contributed by atoms with van der Waals surface area (Å²) in [5, 5.41) is 14.6. The van der Waals surface area contributed by atoms with Crippen LogP contribution in [0.1, 0.15) is 37.3 Å². The Balaban J connectivity index is 2.34. The number of carbonyl (C=O) groups is 2. The fourth-order valence-corrected chi connectivity index (χ4v) is 2.59. The van der Waals surface area contributed by atoms with E-state index in [1.807, 2.05) is 20.8 Å². The molecule has 1 aromatic rings. The van der Waals surface area contributed by atoms with Gasteiger partial charge in [0.1, 0.15) is 0 Å². The molecular formula is C13H21N3O3S. The molecule has 0 fully saturated rings. The lowest BCUT2D eigenvalue weighted by Crippen LogP contribution is -2.32. The van der Waals surface area contributed by atoms with Gasteiger partial charge in [0, 0.05) is 17.8 Å². The molecule has 1 heterocycles. The van der Waals surface area contributed by atoms with Crippen LogP contribution in [-0.2, 0) is 11.2 Å². The minimum atomic E-state index is -0.813. The van der Waals surface area contributed by atoms with E-state index in [-0.39, 0.29) is 18.4 Å². The van der Waals surface area contributed by atoms with E-state index in [0.717, 1.165) is 17.0 Å². The van der Waals surface area contributed by atoms with Crippen LogP contribution in [0.3, 0.4) is 0 Å². The van der Waals surface area contributed by atoms with Crippen LogP contribution in [0.25, 0.3) is 0 Å². The fraction of sp³-hybridized carbons (Fsp3) is 0.615. The average molecular weight is 299 g/mol. The largest absolute Gasteiger partial charge is 0.481 e. The van der Waals surface area contributed by atoms with E-state index in [4.69, 9.17) is 5.11 Å². The van der Waals surface area contributed by atoms with Crippen molar-refractivity contribution >= 4 is 28.5 Å². The Labute approximate surface area is 122 Å². The van der Waals surface area contributed by atoms with Crippen molar-refractivity contribution in [2.24, 2.45) is 5.92 Å². The van der Waals surface area contributed by atoms with Crippen LogP contribution in [0.2, 0.25) is 0 Å². The highest BCUT2D eigenvalue weighted by molar-refractivity contribution is 7.15. The number of nitrogens with one attached hydrogen (secondary N) is 2. The first-order chi connectivity index (χ1) is 9.42. The van der Waals surface area contributed by atoms with E-state index in [9.17, 15) is 9.59 Å². The van der Waals surface area contributed by atoms with E-state index >= 15 is 0 Å². The van der Waals surface area contributed by atoms with Crippen molar-refractivity contribution in [2.75, 3.05) is 11.9 Å². The molecule has 1 aromatic heterocycles. The van der Waals surface area contributed by atoms with Gasteiger partial charge in [-0.25, -0.2) is 9.78 Å². The third-order valence-electron chi connectivity index (χ3n) is 2.91. The maximum Gasteiger partial charge on any atom is 0.321 e. The molecule has 0 aliphatic heterocycles. The number of hydrogen-bond acceptors (Lipinski definition) is 4. The molecule has 0 spiro atoms. The molecule has 6 nitrogen and oxygen atoms in total. The minimum absolute atomic E-state index is 0.121. The number of nitrogens with zero attached hydrogens (tertiary/aromatic N) is 1. The number of carboxylic acid groups (broad SMARTS) is 1.